The molecule has 2 atom stereocenters. The number of carbonyl (C=O) groups excluding carboxylic acids is 1. The molecule has 0 saturated heterocycles. The number of halogens is 26. The highest BCUT2D eigenvalue weighted by atomic mass is 19.4. The highest BCUT2D eigenvalue weighted by Crippen LogP contribution is 2.67. The lowest BCUT2D eigenvalue weighted by atomic mass is 9.80. The Morgan fingerprint density at radius 2 is 0.673 bits per heavy atom. The SMILES string of the molecule is CC(C)(C)OC(=O)N1C2C=CC1C(C(F)(F)C(F)(F)C(F)(F)C(F)(F)C(F)(F)C(F)(F)F)=C2C(F)(F)C(F)(F)C(F)(F)C(F)(F)C(F)(F)C(F)(F)F. The quantitative estimate of drug-likeness (QED) is 0.162. The van der Waals surface area contributed by atoms with Gasteiger partial charge in [0.05, 0.1) is 12.1 Å². The molecule has 304 valence electrons. The Bertz CT molecular complexity index is 1380. The Hall–Kier alpha value is -3.07. The molecule has 0 fully saturated rings. The first-order valence-corrected chi connectivity index (χ1v) is 12.6. The molecule has 2 aliphatic heterocycles. The fourth-order valence-corrected chi connectivity index (χ4v) is 4.49. The van der Waals surface area contributed by atoms with Gasteiger partial charge in [-0.3, -0.25) is 4.90 Å². The van der Waals surface area contributed by atoms with Crippen molar-refractivity contribution in [3.8, 4) is 0 Å². The zero-order valence-corrected chi connectivity index (χ0v) is 24.4. The molecule has 2 heterocycles. The first-order chi connectivity index (χ1) is 22.2. The maximum atomic E-state index is 15.4. The lowest BCUT2D eigenvalue weighted by Gasteiger charge is -2.42. The van der Waals surface area contributed by atoms with Crippen molar-refractivity contribution >= 4 is 6.09 Å². The van der Waals surface area contributed by atoms with Crippen molar-refractivity contribution in [1.82, 2.24) is 4.90 Å². The van der Waals surface area contributed by atoms with Crippen LogP contribution in [0.15, 0.2) is 23.3 Å². The van der Waals surface area contributed by atoms with Gasteiger partial charge in [-0.05, 0) is 20.8 Å². The van der Waals surface area contributed by atoms with Crippen LogP contribution in [0.4, 0.5) is 119 Å². The fourth-order valence-electron chi connectivity index (χ4n) is 4.49. The highest BCUT2D eigenvalue weighted by molar-refractivity contribution is 5.75. The van der Waals surface area contributed by atoms with E-state index < -0.39 is 124 Å². The van der Waals surface area contributed by atoms with Crippen LogP contribution in [0.3, 0.4) is 0 Å². The molecule has 0 aromatic rings. The van der Waals surface area contributed by atoms with Crippen LogP contribution in [-0.2, 0) is 4.74 Å². The van der Waals surface area contributed by atoms with E-state index in [0.29, 0.717) is 0 Å². The van der Waals surface area contributed by atoms with Crippen LogP contribution < -0.4 is 0 Å². The van der Waals surface area contributed by atoms with E-state index in [1.807, 2.05) is 0 Å². The molecule has 52 heavy (non-hydrogen) atoms. The van der Waals surface area contributed by atoms with E-state index in [9.17, 15) is 101 Å². The van der Waals surface area contributed by atoms with Crippen molar-refractivity contribution in [2.24, 2.45) is 0 Å². The van der Waals surface area contributed by atoms with E-state index in [2.05, 4.69) is 4.74 Å². The monoisotopic (exact) mass is 829 g/mol. The van der Waals surface area contributed by atoms with Crippen molar-refractivity contribution in [2.75, 3.05) is 0 Å². The summed E-state index contributed by atoms with van der Waals surface area (Å²) >= 11 is 0. The molecule has 3 nitrogen and oxygen atoms in total. The maximum Gasteiger partial charge on any atom is 0.460 e. The van der Waals surface area contributed by atoms with Crippen LogP contribution in [0.25, 0.3) is 0 Å². The zero-order chi connectivity index (χ0) is 42.1. The number of hydrogen-bond donors (Lipinski definition) is 0. The number of ether oxygens (including phenoxy) is 1. The number of amides is 1. The number of alkyl halides is 26. The van der Waals surface area contributed by atoms with Gasteiger partial charge in [-0.15, -0.1) is 0 Å². The first kappa shape index (κ1) is 45.1. The molecular weight excluding hydrogens is 816 g/mol. The molecule has 29 heteroatoms. The average molecular weight is 829 g/mol. The minimum Gasteiger partial charge on any atom is -0.444 e. The van der Waals surface area contributed by atoms with Gasteiger partial charge >= 0.3 is 77.7 Å². The van der Waals surface area contributed by atoms with Gasteiger partial charge in [0.15, 0.2) is 0 Å². The summed E-state index contributed by atoms with van der Waals surface area (Å²) in [6.07, 6.45) is -19.6. The van der Waals surface area contributed by atoms with Crippen molar-refractivity contribution in [3.63, 3.8) is 0 Å². The zero-order valence-electron chi connectivity index (χ0n) is 24.4. The van der Waals surface area contributed by atoms with E-state index >= 15 is 17.6 Å². The van der Waals surface area contributed by atoms with Gasteiger partial charge < -0.3 is 4.74 Å². The third-order valence-corrected chi connectivity index (χ3v) is 7.10. The number of hydrogen-bond acceptors (Lipinski definition) is 2. The third-order valence-electron chi connectivity index (χ3n) is 7.10. The lowest BCUT2D eigenvalue weighted by molar-refractivity contribution is -0.438. The van der Waals surface area contributed by atoms with Gasteiger partial charge in [-0.2, -0.15) is 114 Å². The van der Waals surface area contributed by atoms with Gasteiger partial charge in [0.2, 0.25) is 0 Å². The lowest BCUT2D eigenvalue weighted by Crippen LogP contribution is -2.71. The molecule has 0 saturated carbocycles. The number of rotatable bonds is 10. The Balaban J connectivity index is 3.10. The van der Waals surface area contributed by atoms with Gasteiger partial charge in [-0.25, -0.2) is 4.79 Å². The highest BCUT2D eigenvalue weighted by Gasteiger charge is 2.94. The van der Waals surface area contributed by atoms with Crippen LogP contribution in [0.2, 0.25) is 0 Å². The molecule has 0 radical (unpaired) electrons. The van der Waals surface area contributed by atoms with E-state index in [4.69, 9.17) is 0 Å². The summed E-state index contributed by atoms with van der Waals surface area (Å²) in [5.41, 5.74) is -10.5. The summed E-state index contributed by atoms with van der Waals surface area (Å²) in [7, 11) is 0. The van der Waals surface area contributed by atoms with Crippen LogP contribution in [-0.4, -0.2) is 100 Å². The minimum atomic E-state index is -8.92. The number of fused-ring (bicyclic) bond motifs is 2. The normalized spacial score (nSPS) is 21.1. The predicted molar refractivity (Wildman–Crippen MR) is 113 cm³/mol. The molecule has 2 bridgehead atoms. The third kappa shape index (κ3) is 5.60. The average Bonchev–Trinajstić information content (AvgIpc) is 3.47. The van der Waals surface area contributed by atoms with E-state index in [0.717, 1.165) is 20.8 Å². The summed E-state index contributed by atoms with van der Waals surface area (Å²) in [5.74, 6) is -86.2. The second-order valence-corrected chi connectivity index (χ2v) is 11.7. The van der Waals surface area contributed by atoms with Gasteiger partial charge in [-0.1, -0.05) is 12.2 Å². The molecule has 0 aliphatic carbocycles. The van der Waals surface area contributed by atoms with E-state index in [-0.39, 0.29) is 0 Å². The Morgan fingerprint density at radius 1 is 0.442 bits per heavy atom. The molecule has 1 amide bonds. The van der Waals surface area contributed by atoms with Crippen LogP contribution in [0.5, 0.6) is 0 Å². The van der Waals surface area contributed by atoms with E-state index in [1.165, 1.54) is 0 Å². The summed E-state index contributed by atoms with van der Waals surface area (Å²) < 4.78 is 365. The second kappa shape index (κ2) is 11.5. The molecule has 2 unspecified atom stereocenters. The Labute approximate surface area is 269 Å². The Morgan fingerprint density at radius 3 is 0.885 bits per heavy atom. The maximum absolute atomic E-state index is 15.4. The smallest absolute Gasteiger partial charge is 0.444 e. The van der Waals surface area contributed by atoms with Crippen LogP contribution in [0.1, 0.15) is 20.8 Å². The standard InChI is InChI=1S/C23H13F26NO2/c1-11(2,3)52-10(51)50-6-4-5-7(50)9(13(26,27)15(30,31)17(34,35)19(38,39)21(42,43)23(47,48)49)8(6)12(24,25)14(28,29)16(32,33)18(36,37)20(40,41)22(44,45)46/h4-7H,1-3H3. The van der Waals surface area contributed by atoms with Gasteiger partial charge in [0, 0.05) is 11.1 Å². The summed E-state index contributed by atoms with van der Waals surface area (Å²) in [6, 6.07) is -7.90. The predicted octanol–water partition coefficient (Wildman–Crippen LogP) is 10.3. The second-order valence-electron chi connectivity index (χ2n) is 11.7. The van der Waals surface area contributed by atoms with Gasteiger partial charge in [0.1, 0.15) is 5.60 Å². The number of carbonyl (C=O) groups is 1. The molecular formula is C23H13F26NO2. The molecule has 0 spiro atoms. The molecule has 2 rings (SSSR count). The van der Waals surface area contributed by atoms with Crippen molar-refractivity contribution in [3.05, 3.63) is 23.3 Å². The fraction of sp³-hybridized carbons (Fsp3) is 0.783. The van der Waals surface area contributed by atoms with E-state index in [1.54, 1.807) is 0 Å². The summed E-state index contributed by atoms with van der Waals surface area (Å²) in [5, 5.41) is 0. The largest absolute Gasteiger partial charge is 0.460 e. The molecule has 0 N–H and O–H groups in total. The topological polar surface area (TPSA) is 29.5 Å². The molecule has 2 aliphatic rings. The summed E-state index contributed by atoms with van der Waals surface area (Å²) in [4.78, 5) is 11.5. The van der Waals surface area contributed by atoms with Gasteiger partial charge in [0.25, 0.3) is 0 Å². The Kier molecular flexibility index (Phi) is 9.95. The van der Waals surface area contributed by atoms with Crippen molar-refractivity contribution in [2.45, 2.75) is 110 Å². The molecule has 0 aromatic carbocycles. The van der Waals surface area contributed by atoms with Crippen LogP contribution in [0, 0.1) is 0 Å². The van der Waals surface area contributed by atoms with Crippen molar-refractivity contribution < 1.29 is 124 Å². The van der Waals surface area contributed by atoms with Crippen LogP contribution >= 0.6 is 0 Å². The minimum absolute atomic E-state index is 0.448. The molecule has 0 aromatic heterocycles. The summed E-state index contributed by atoms with van der Waals surface area (Å²) in [6.45, 7) is 2.26. The number of nitrogens with zero attached hydrogens (tertiary/aromatic N) is 1. The van der Waals surface area contributed by atoms with Crippen molar-refractivity contribution in [1.29, 1.82) is 0 Å². The first-order valence-electron chi connectivity index (χ1n) is 12.6.